The molecule has 2 nitrogen and oxygen atoms in total. The standard InChI is InChI=1S/C11H9ClFNOS/c12-8-2-1-3-9(13)10(8)11-14-7(4-5-15)6-16-11/h1-3,6,15H,4-5H2. The highest BCUT2D eigenvalue weighted by Crippen LogP contribution is 2.32. The second kappa shape index (κ2) is 4.91. The van der Waals surface area contributed by atoms with E-state index in [9.17, 15) is 4.39 Å². The van der Waals surface area contributed by atoms with E-state index in [4.69, 9.17) is 16.7 Å². The number of benzene rings is 1. The Morgan fingerprint density at radius 2 is 2.25 bits per heavy atom. The monoisotopic (exact) mass is 257 g/mol. The van der Waals surface area contributed by atoms with Crippen LogP contribution in [0.15, 0.2) is 23.6 Å². The van der Waals surface area contributed by atoms with Gasteiger partial charge in [-0.1, -0.05) is 17.7 Å². The zero-order valence-electron chi connectivity index (χ0n) is 8.28. The minimum atomic E-state index is -0.377. The molecule has 0 unspecified atom stereocenters. The molecule has 0 saturated carbocycles. The number of hydrogen-bond donors (Lipinski definition) is 1. The zero-order valence-corrected chi connectivity index (χ0v) is 9.85. The lowest BCUT2D eigenvalue weighted by Gasteiger charge is -2.01. The van der Waals surface area contributed by atoms with Crippen LogP contribution in [-0.2, 0) is 6.42 Å². The number of aliphatic hydroxyl groups excluding tert-OH is 1. The fraction of sp³-hybridized carbons (Fsp3) is 0.182. The molecule has 0 atom stereocenters. The fourth-order valence-corrected chi connectivity index (χ4v) is 2.58. The molecular weight excluding hydrogens is 249 g/mol. The predicted molar refractivity (Wildman–Crippen MR) is 63.3 cm³/mol. The summed E-state index contributed by atoms with van der Waals surface area (Å²) in [7, 11) is 0. The molecule has 84 valence electrons. The Hall–Kier alpha value is -0.970. The Morgan fingerprint density at radius 1 is 1.44 bits per heavy atom. The summed E-state index contributed by atoms with van der Waals surface area (Å²) in [5.41, 5.74) is 1.08. The van der Waals surface area contributed by atoms with E-state index in [1.54, 1.807) is 17.5 Å². The first-order valence-corrected chi connectivity index (χ1v) is 5.98. The highest BCUT2D eigenvalue weighted by atomic mass is 35.5. The molecule has 0 bridgehead atoms. The summed E-state index contributed by atoms with van der Waals surface area (Å²) in [4.78, 5) is 4.23. The average molecular weight is 258 g/mol. The summed E-state index contributed by atoms with van der Waals surface area (Å²) in [6.07, 6.45) is 0.475. The van der Waals surface area contributed by atoms with Crippen molar-refractivity contribution in [1.82, 2.24) is 4.98 Å². The van der Waals surface area contributed by atoms with Gasteiger partial charge in [-0.05, 0) is 12.1 Å². The first-order valence-electron chi connectivity index (χ1n) is 4.72. The Balaban J connectivity index is 2.42. The molecule has 5 heteroatoms. The van der Waals surface area contributed by atoms with Gasteiger partial charge < -0.3 is 5.11 Å². The number of thiazole rings is 1. The quantitative estimate of drug-likeness (QED) is 0.916. The topological polar surface area (TPSA) is 33.1 Å². The molecule has 0 radical (unpaired) electrons. The predicted octanol–water partition coefficient (Wildman–Crippen LogP) is 3.14. The first kappa shape index (κ1) is 11.5. The van der Waals surface area contributed by atoms with E-state index in [-0.39, 0.29) is 12.4 Å². The van der Waals surface area contributed by atoms with Gasteiger partial charge in [0.25, 0.3) is 0 Å². The Labute approximate surface area is 101 Å². The van der Waals surface area contributed by atoms with Gasteiger partial charge in [0.05, 0.1) is 16.3 Å². The summed E-state index contributed by atoms with van der Waals surface area (Å²) < 4.78 is 13.6. The molecule has 1 heterocycles. The lowest BCUT2D eigenvalue weighted by atomic mass is 10.2. The molecule has 0 fully saturated rings. The highest BCUT2D eigenvalue weighted by molar-refractivity contribution is 7.13. The third kappa shape index (κ3) is 2.24. The number of aromatic nitrogens is 1. The van der Waals surface area contributed by atoms with Gasteiger partial charge in [-0.3, -0.25) is 0 Å². The van der Waals surface area contributed by atoms with Crippen molar-refractivity contribution >= 4 is 22.9 Å². The van der Waals surface area contributed by atoms with Crippen molar-refractivity contribution in [3.63, 3.8) is 0 Å². The van der Waals surface area contributed by atoms with Crippen LogP contribution < -0.4 is 0 Å². The minimum Gasteiger partial charge on any atom is -0.396 e. The van der Waals surface area contributed by atoms with Gasteiger partial charge in [0.1, 0.15) is 10.8 Å². The zero-order chi connectivity index (χ0) is 11.5. The summed E-state index contributed by atoms with van der Waals surface area (Å²) in [5.74, 6) is -0.377. The summed E-state index contributed by atoms with van der Waals surface area (Å²) in [5, 5.41) is 11.5. The maximum absolute atomic E-state index is 13.6. The van der Waals surface area contributed by atoms with E-state index in [0.717, 1.165) is 5.69 Å². The average Bonchev–Trinajstić information content (AvgIpc) is 2.67. The van der Waals surface area contributed by atoms with Crippen molar-refractivity contribution in [3.8, 4) is 10.6 Å². The Bertz CT molecular complexity index is 480. The molecule has 0 saturated heterocycles. The fourth-order valence-electron chi connectivity index (χ4n) is 1.35. The van der Waals surface area contributed by atoms with Crippen molar-refractivity contribution < 1.29 is 9.50 Å². The van der Waals surface area contributed by atoms with Crippen LogP contribution in [0.1, 0.15) is 5.69 Å². The molecule has 1 N–H and O–H groups in total. The van der Waals surface area contributed by atoms with Crippen LogP contribution in [0.25, 0.3) is 10.6 Å². The van der Waals surface area contributed by atoms with Gasteiger partial charge in [0.2, 0.25) is 0 Å². The number of halogens is 2. The van der Waals surface area contributed by atoms with Crippen molar-refractivity contribution in [3.05, 3.63) is 40.1 Å². The molecule has 1 aromatic carbocycles. The van der Waals surface area contributed by atoms with E-state index in [1.807, 2.05) is 0 Å². The summed E-state index contributed by atoms with van der Waals surface area (Å²) in [6, 6.07) is 4.55. The van der Waals surface area contributed by atoms with Crippen LogP contribution in [0, 0.1) is 5.82 Å². The van der Waals surface area contributed by atoms with Crippen LogP contribution in [0.4, 0.5) is 4.39 Å². The van der Waals surface area contributed by atoms with Crippen LogP contribution in [0.2, 0.25) is 5.02 Å². The van der Waals surface area contributed by atoms with E-state index < -0.39 is 0 Å². The molecule has 0 aliphatic heterocycles. The van der Waals surface area contributed by atoms with Gasteiger partial charge in [0.15, 0.2) is 0 Å². The van der Waals surface area contributed by atoms with Gasteiger partial charge in [0, 0.05) is 18.4 Å². The van der Waals surface area contributed by atoms with E-state index in [0.29, 0.717) is 22.0 Å². The van der Waals surface area contributed by atoms with Crippen molar-refractivity contribution in [2.45, 2.75) is 6.42 Å². The molecule has 0 amide bonds. The summed E-state index contributed by atoms with van der Waals surface area (Å²) >= 11 is 7.25. The second-order valence-electron chi connectivity index (χ2n) is 3.21. The van der Waals surface area contributed by atoms with E-state index >= 15 is 0 Å². The van der Waals surface area contributed by atoms with Crippen LogP contribution in [-0.4, -0.2) is 16.7 Å². The lowest BCUT2D eigenvalue weighted by molar-refractivity contribution is 0.298. The maximum atomic E-state index is 13.6. The van der Waals surface area contributed by atoms with E-state index in [2.05, 4.69) is 4.98 Å². The molecule has 1 aromatic heterocycles. The number of nitrogens with zero attached hydrogens (tertiary/aromatic N) is 1. The largest absolute Gasteiger partial charge is 0.396 e. The van der Waals surface area contributed by atoms with Crippen molar-refractivity contribution in [2.24, 2.45) is 0 Å². The molecule has 0 aliphatic rings. The third-order valence-corrected chi connectivity index (χ3v) is 3.32. The van der Waals surface area contributed by atoms with Gasteiger partial charge in [-0.2, -0.15) is 0 Å². The third-order valence-electron chi connectivity index (χ3n) is 2.10. The lowest BCUT2D eigenvalue weighted by Crippen LogP contribution is -1.91. The number of aliphatic hydroxyl groups is 1. The minimum absolute atomic E-state index is 0.0359. The Morgan fingerprint density at radius 3 is 2.94 bits per heavy atom. The SMILES string of the molecule is OCCc1csc(-c2c(F)cccc2Cl)n1. The van der Waals surface area contributed by atoms with Crippen molar-refractivity contribution in [1.29, 1.82) is 0 Å². The Kier molecular flexibility index (Phi) is 3.53. The number of hydrogen-bond acceptors (Lipinski definition) is 3. The highest BCUT2D eigenvalue weighted by Gasteiger charge is 2.13. The molecule has 0 aliphatic carbocycles. The van der Waals surface area contributed by atoms with Crippen molar-refractivity contribution in [2.75, 3.05) is 6.61 Å². The smallest absolute Gasteiger partial charge is 0.134 e. The maximum Gasteiger partial charge on any atom is 0.134 e. The second-order valence-corrected chi connectivity index (χ2v) is 4.48. The van der Waals surface area contributed by atoms with Crippen LogP contribution >= 0.6 is 22.9 Å². The molecule has 16 heavy (non-hydrogen) atoms. The normalized spacial score (nSPS) is 10.7. The molecule has 2 aromatic rings. The molecular formula is C11H9ClFNOS. The summed E-state index contributed by atoms with van der Waals surface area (Å²) in [6.45, 7) is 0.0359. The molecule has 0 spiro atoms. The van der Waals surface area contributed by atoms with E-state index in [1.165, 1.54) is 17.4 Å². The number of rotatable bonds is 3. The van der Waals surface area contributed by atoms with Gasteiger partial charge in [-0.15, -0.1) is 11.3 Å². The first-order chi connectivity index (χ1) is 7.72. The van der Waals surface area contributed by atoms with Gasteiger partial charge in [-0.25, -0.2) is 9.37 Å². The van der Waals surface area contributed by atoms with Crippen LogP contribution in [0.5, 0.6) is 0 Å². The van der Waals surface area contributed by atoms with Gasteiger partial charge >= 0.3 is 0 Å². The van der Waals surface area contributed by atoms with Crippen LogP contribution in [0.3, 0.4) is 0 Å². The molecule has 2 rings (SSSR count).